The highest BCUT2D eigenvalue weighted by Crippen LogP contribution is 2.26. The first-order chi connectivity index (χ1) is 9.58. The van der Waals surface area contributed by atoms with Gasteiger partial charge in [0.1, 0.15) is 11.9 Å². The molecule has 20 heavy (non-hydrogen) atoms. The van der Waals surface area contributed by atoms with E-state index in [4.69, 9.17) is 4.42 Å². The maximum absolute atomic E-state index is 11.8. The number of aromatic carboxylic acids is 1. The van der Waals surface area contributed by atoms with Crippen LogP contribution in [0.5, 0.6) is 0 Å². The first kappa shape index (κ1) is 12.2. The fourth-order valence-electron chi connectivity index (χ4n) is 2.11. The van der Waals surface area contributed by atoms with Crippen LogP contribution in [-0.2, 0) is 13.6 Å². The van der Waals surface area contributed by atoms with Crippen LogP contribution in [0.3, 0.4) is 0 Å². The predicted molar refractivity (Wildman–Crippen MR) is 69.7 cm³/mol. The van der Waals surface area contributed by atoms with E-state index in [2.05, 4.69) is 5.10 Å². The molecule has 0 fully saturated rings. The fourth-order valence-corrected chi connectivity index (χ4v) is 2.11. The molecule has 102 valence electrons. The quantitative estimate of drug-likeness (QED) is 0.771. The van der Waals surface area contributed by atoms with Crippen molar-refractivity contribution >= 4 is 16.9 Å². The highest BCUT2D eigenvalue weighted by Gasteiger charge is 2.20. The van der Waals surface area contributed by atoms with E-state index in [9.17, 15) is 14.7 Å². The fraction of sp³-hybridized carbons (Fsp3) is 0.154. The van der Waals surface area contributed by atoms with Crippen LogP contribution < -0.4 is 5.69 Å². The number of benzene rings is 1. The molecule has 7 heteroatoms. The molecule has 1 aromatic carbocycles. The highest BCUT2D eigenvalue weighted by molar-refractivity contribution is 5.95. The molecule has 0 saturated heterocycles. The van der Waals surface area contributed by atoms with Crippen LogP contribution in [-0.4, -0.2) is 25.4 Å². The van der Waals surface area contributed by atoms with Gasteiger partial charge in [-0.3, -0.25) is 4.57 Å². The van der Waals surface area contributed by atoms with E-state index >= 15 is 0 Å². The third kappa shape index (κ3) is 1.80. The lowest BCUT2D eigenvalue weighted by Crippen LogP contribution is -2.24. The van der Waals surface area contributed by atoms with Gasteiger partial charge in [0.05, 0.1) is 6.54 Å². The van der Waals surface area contributed by atoms with Gasteiger partial charge >= 0.3 is 11.7 Å². The molecule has 3 aromatic rings. The monoisotopic (exact) mass is 273 g/mol. The number of carboxylic acid groups (broad SMARTS) is 1. The van der Waals surface area contributed by atoms with E-state index in [1.165, 1.54) is 15.6 Å². The van der Waals surface area contributed by atoms with Gasteiger partial charge in [-0.1, -0.05) is 18.2 Å². The number of furan rings is 1. The van der Waals surface area contributed by atoms with Gasteiger partial charge in [-0.15, -0.1) is 0 Å². The van der Waals surface area contributed by atoms with Gasteiger partial charge in [0, 0.05) is 18.0 Å². The second-order valence-electron chi connectivity index (χ2n) is 4.39. The van der Waals surface area contributed by atoms with Gasteiger partial charge in [0.15, 0.2) is 0 Å². The van der Waals surface area contributed by atoms with Crippen molar-refractivity contribution in [2.24, 2.45) is 7.05 Å². The SMILES string of the molecule is Cn1cnn(Cc2c(C(=O)O)oc3ccccc23)c1=O. The topological polar surface area (TPSA) is 90.3 Å². The van der Waals surface area contributed by atoms with E-state index in [0.717, 1.165) is 0 Å². The van der Waals surface area contributed by atoms with Crippen molar-refractivity contribution in [1.82, 2.24) is 14.3 Å². The summed E-state index contributed by atoms with van der Waals surface area (Å²) in [7, 11) is 1.58. The lowest BCUT2D eigenvalue weighted by atomic mass is 10.1. The van der Waals surface area contributed by atoms with Crippen LogP contribution in [0.2, 0.25) is 0 Å². The first-order valence-electron chi connectivity index (χ1n) is 5.90. The molecule has 3 rings (SSSR count). The van der Waals surface area contributed by atoms with Crippen LogP contribution in [0, 0.1) is 0 Å². The standard InChI is InChI=1S/C13H11N3O4/c1-15-7-14-16(13(15)19)6-9-8-4-2-3-5-10(8)20-11(9)12(17)18/h2-5,7H,6H2,1H3,(H,17,18). The molecule has 2 aromatic heterocycles. The van der Waals surface area contributed by atoms with Crippen molar-refractivity contribution < 1.29 is 14.3 Å². The van der Waals surface area contributed by atoms with Crippen LogP contribution in [0.1, 0.15) is 16.1 Å². The zero-order chi connectivity index (χ0) is 14.3. The number of rotatable bonds is 3. The van der Waals surface area contributed by atoms with Crippen LogP contribution in [0.15, 0.2) is 39.8 Å². The van der Waals surface area contributed by atoms with Crippen molar-refractivity contribution in [3.05, 3.63) is 52.4 Å². The Kier molecular flexibility index (Phi) is 2.67. The average Bonchev–Trinajstić information content (AvgIpc) is 2.95. The summed E-state index contributed by atoms with van der Waals surface area (Å²) in [6.45, 7) is 0.0539. The highest BCUT2D eigenvalue weighted by atomic mass is 16.4. The van der Waals surface area contributed by atoms with E-state index in [-0.39, 0.29) is 18.0 Å². The molecule has 0 atom stereocenters. The van der Waals surface area contributed by atoms with Gasteiger partial charge in [0.25, 0.3) is 0 Å². The molecule has 0 saturated carbocycles. The molecule has 2 heterocycles. The Morgan fingerprint density at radius 2 is 2.15 bits per heavy atom. The molecule has 0 aliphatic rings. The minimum Gasteiger partial charge on any atom is -0.475 e. The Labute approximate surface area is 112 Å². The van der Waals surface area contributed by atoms with Gasteiger partial charge in [-0.2, -0.15) is 5.10 Å². The van der Waals surface area contributed by atoms with Crippen LogP contribution in [0.25, 0.3) is 11.0 Å². The maximum Gasteiger partial charge on any atom is 0.372 e. The van der Waals surface area contributed by atoms with Gasteiger partial charge in [-0.05, 0) is 6.07 Å². The van der Waals surface area contributed by atoms with Crippen molar-refractivity contribution in [3.63, 3.8) is 0 Å². The second kappa shape index (κ2) is 4.37. The number of aryl methyl sites for hydroxylation is 1. The lowest BCUT2D eigenvalue weighted by molar-refractivity contribution is 0.0663. The number of para-hydroxylation sites is 1. The van der Waals surface area contributed by atoms with E-state index < -0.39 is 5.97 Å². The Morgan fingerprint density at radius 1 is 1.40 bits per heavy atom. The molecule has 0 amide bonds. The van der Waals surface area contributed by atoms with Gasteiger partial charge < -0.3 is 9.52 Å². The molecule has 0 spiro atoms. The van der Waals surface area contributed by atoms with E-state index in [0.29, 0.717) is 16.5 Å². The summed E-state index contributed by atoms with van der Waals surface area (Å²) < 4.78 is 7.85. The van der Waals surface area contributed by atoms with Crippen molar-refractivity contribution in [1.29, 1.82) is 0 Å². The summed E-state index contributed by atoms with van der Waals surface area (Å²) in [5.74, 6) is -1.33. The summed E-state index contributed by atoms with van der Waals surface area (Å²) in [4.78, 5) is 23.1. The summed E-state index contributed by atoms with van der Waals surface area (Å²) in [6, 6.07) is 6.99. The van der Waals surface area contributed by atoms with Crippen LogP contribution in [0.4, 0.5) is 0 Å². The number of hydrogen-bond acceptors (Lipinski definition) is 4. The van der Waals surface area contributed by atoms with Crippen molar-refractivity contribution in [3.8, 4) is 0 Å². The summed E-state index contributed by atoms with van der Waals surface area (Å²) in [5, 5.41) is 13.8. The zero-order valence-corrected chi connectivity index (χ0v) is 10.6. The number of hydrogen-bond donors (Lipinski definition) is 1. The van der Waals surface area contributed by atoms with Crippen molar-refractivity contribution in [2.75, 3.05) is 0 Å². The lowest BCUT2D eigenvalue weighted by Gasteiger charge is -1.99. The molecule has 0 unspecified atom stereocenters. The molecule has 1 N–H and O–H groups in total. The Morgan fingerprint density at radius 3 is 2.80 bits per heavy atom. The second-order valence-corrected chi connectivity index (χ2v) is 4.39. The van der Waals surface area contributed by atoms with E-state index in [1.54, 1.807) is 31.3 Å². The summed E-state index contributed by atoms with van der Waals surface area (Å²) >= 11 is 0. The zero-order valence-electron chi connectivity index (χ0n) is 10.6. The number of fused-ring (bicyclic) bond motifs is 1. The number of aromatic nitrogens is 3. The molecular formula is C13H11N3O4. The number of carbonyl (C=O) groups is 1. The smallest absolute Gasteiger partial charge is 0.372 e. The average molecular weight is 273 g/mol. The molecule has 0 radical (unpaired) electrons. The molecule has 0 bridgehead atoms. The van der Waals surface area contributed by atoms with E-state index in [1.807, 2.05) is 0 Å². The molecular weight excluding hydrogens is 262 g/mol. The largest absolute Gasteiger partial charge is 0.475 e. The third-order valence-electron chi connectivity index (χ3n) is 3.09. The van der Waals surface area contributed by atoms with Gasteiger partial charge in [0.2, 0.25) is 5.76 Å². The van der Waals surface area contributed by atoms with Gasteiger partial charge in [-0.25, -0.2) is 14.3 Å². The molecule has 7 nitrogen and oxygen atoms in total. The minimum atomic E-state index is -1.17. The van der Waals surface area contributed by atoms with Crippen LogP contribution >= 0.6 is 0 Å². The minimum absolute atomic E-state index is 0.0539. The number of nitrogens with zero attached hydrogens (tertiary/aromatic N) is 3. The third-order valence-corrected chi connectivity index (χ3v) is 3.09. The Balaban J connectivity index is 2.19. The Bertz CT molecular complexity index is 856. The number of carboxylic acids is 1. The summed E-state index contributed by atoms with van der Waals surface area (Å²) in [6.07, 6.45) is 1.38. The van der Waals surface area contributed by atoms with Crippen molar-refractivity contribution in [2.45, 2.75) is 6.54 Å². The normalized spacial score (nSPS) is 11.1. The molecule has 0 aliphatic heterocycles. The molecule has 0 aliphatic carbocycles. The maximum atomic E-state index is 11.8. The first-order valence-corrected chi connectivity index (χ1v) is 5.90. The Hall–Kier alpha value is -2.83. The predicted octanol–water partition coefficient (Wildman–Crippen LogP) is 1.07. The summed E-state index contributed by atoms with van der Waals surface area (Å²) in [5.41, 5.74) is 0.601.